The summed E-state index contributed by atoms with van der Waals surface area (Å²) in [5.41, 5.74) is 5.42. The number of halogens is 2. The number of hydrogen-bond acceptors (Lipinski definition) is 4. The van der Waals surface area contributed by atoms with E-state index in [1.807, 2.05) is 0 Å². The molecule has 0 atom stereocenters. The molecule has 112 valence electrons. The molecule has 0 saturated heterocycles. The topological polar surface area (TPSA) is 81.4 Å². The van der Waals surface area contributed by atoms with Gasteiger partial charge in [-0.05, 0) is 24.3 Å². The number of rotatable bonds is 4. The molecule has 0 aliphatic heterocycles. The van der Waals surface area contributed by atoms with Crippen molar-refractivity contribution in [2.24, 2.45) is 0 Å². The summed E-state index contributed by atoms with van der Waals surface area (Å²) in [6.07, 6.45) is 0. The normalized spacial score (nSPS) is 11.2. The Labute approximate surface area is 126 Å². The maximum absolute atomic E-state index is 13.8. The number of sulfonamides is 1. The zero-order valence-electron chi connectivity index (χ0n) is 10.9. The van der Waals surface area contributed by atoms with Crippen LogP contribution in [-0.4, -0.2) is 15.5 Å². The Hall–Kier alpha value is -1.99. The number of nitrogens with two attached hydrogens (primary N) is 1. The van der Waals surface area contributed by atoms with Gasteiger partial charge in [0.15, 0.2) is 5.82 Å². The van der Waals surface area contributed by atoms with Gasteiger partial charge in [-0.25, -0.2) is 12.8 Å². The van der Waals surface area contributed by atoms with Crippen LogP contribution in [0, 0.1) is 5.82 Å². The standard InChI is InChI=1S/C13H12ClFN2O3S/c1-20-8-5-6-12(10(16)7-8)21(18,19)17-11-4-2-3-9(14)13(11)15/h2-7,17H,16H2,1H3. The van der Waals surface area contributed by atoms with Gasteiger partial charge in [-0.15, -0.1) is 0 Å². The first kappa shape index (κ1) is 15.4. The van der Waals surface area contributed by atoms with Crippen LogP contribution in [0.5, 0.6) is 5.75 Å². The number of nitrogens with one attached hydrogen (secondary N) is 1. The third-order valence-corrected chi connectivity index (χ3v) is 4.43. The molecule has 0 saturated carbocycles. The van der Waals surface area contributed by atoms with Crippen LogP contribution >= 0.6 is 11.6 Å². The molecule has 0 aliphatic carbocycles. The summed E-state index contributed by atoms with van der Waals surface area (Å²) >= 11 is 5.61. The van der Waals surface area contributed by atoms with E-state index in [2.05, 4.69) is 4.72 Å². The van der Waals surface area contributed by atoms with Crippen LogP contribution in [0.15, 0.2) is 41.3 Å². The molecule has 0 spiro atoms. The second-order valence-corrected chi connectivity index (χ2v) is 6.17. The second kappa shape index (κ2) is 5.79. The molecule has 0 unspecified atom stereocenters. The van der Waals surface area contributed by atoms with Gasteiger partial charge < -0.3 is 10.5 Å². The van der Waals surface area contributed by atoms with Crippen molar-refractivity contribution in [3.63, 3.8) is 0 Å². The minimum absolute atomic E-state index is 0.00992. The molecule has 0 radical (unpaired) electrons. The van der Waals surface area contributed by atoms with E-state index >= 15 is 0 Å². The smallest absolute Gasteiger partial charge is 0.264 e. The maximum Gasteiger partial charge on any atom is 0.264 e. The molecule has 8 heteroatoms. The molecule has 0 aromatic heterocycles. The summed E-state index contributed by atoms with van der Waals surface area (Å²) < 4.78 is 45.3. The third-order valence-electron chi connectivity index (χ3n) is 2.70. The van der Waals surface area contributed by atoms with E-state index in [-0.39, 0.29) is 21.3 Å². The summed E-state index contributed by atoms with van der Waals surface area (Å²) in [7, 11) is -2.60. The third kappa shape index (κ3) is 3.20. The van der Waals surface area contributed by atoms with Crippen LogP contribution in [0.2, 0.25) is 5.02 Å². The first-order chi connectivity index (χ1) is 9.85. The van der Waals surface area contributed by atoms with Crippen LogP contribution < -0.4 is 15.2 Å². The molecule has 2 rings (SSSR count). The molecule has 0 aliphatic rings. The number of hydrogen-bond donors (Lipinski definition) is 2. The van der Waals surface area contributed by atoms with Crippen molar-refractivity contribution in [2.45, 2.75) is 4.90 Å². The SMILES string of the molecule is COc1ccc(S(=O)(=O)Nc2cccc(Cl)c2F)c(N)c1. The number of anilines is 2. The van der Waals surface area contributed by atoms with Gasteiger partial charge in [0.05, 0.1) is 23.5 Å². The molecule has 0 amide bonds. The first-order valence-electron chi connectivity index (χ1n) is 5.75. The van der Waals surface area contributed by atoms with Gasteiger partial charge in [0.2, 0.25) is 0 Å². The van der Waals surface area contributed by atoms with E-state index in [1.165, 1.54) is 43.5 Å². The summed E-state index contributed by atoms with van der Waals surface area (Å²) in [6, 6.07) is 8.09. The van der Waals surface area contributed by atoms with E-state index in [0.29, 0.717) is 5.75 Å². The Bertz CT molecular complexity index is 781. The Morgan fingerprint density at radius 2 is 2.00 bits per heavy atom. The Morgan fingerprint density at radius 1 is 1.29 bits per heavy atom. The highest BCUT2D eigenvalue weighted by Gasteiger charge is 2.20. The maximum atomic E-state index is 13.8. The summed E-state index contributed by atoms with van der Waals surface area (Å²) in [5.74, 6) is -0.435. The highest BCUT2D eigenvalue weighted by Crippen LogP contribution is 2.28. The Morgan fingerprint density at radius 3 is 2.62 bits per heavy atom. The fourth-order valence-corrected chi connectivity index (χ4v) is 3.03. The predicted octanol–water partition coefficient (Wildman–Crippen LogP) is 2.87. The minimum Gasteiger partial charge on any atom is -0.497 e. The minimum atomic E-state index is -4.04. The van der Waals surface area contributed by atoms with Crippen molar-refractivity contribution in [1.82, 2.24) is 0 Å². The van der Waals surface area contributed by atoms with Gasteiger partial charge in [-0.3, -0.25) is 4.72 Å². The molecule has 2 aromatic rings. The van der Waals surface area contributed by atoms with Crippen molar-refractivity contribution in [1.29, 1.82) is 0 Å². The van der Waals surface area contributed by atoms with Crippen molar-refractivity contribution in [3.05, 3.63) is 47.2 Å². The zero-order valence-corrected chi connectivity index (χ0v) is 12.5. The number of methoxy groups -OCH3 is 1. The Kier molecular flexibility index (Phi) is 4.24. The predicted molar refractivity (Wildman–Crippen MR) is 79.6 cm³/mol. The molecular weight excluding hydrogens is 319 g/mol. The molecule has 3 N–H and O–H groups in total. The van der Waals surface area contributed by atoms with E-state index in [1.54, 1.807) is 0 Å². The quantitative estimate of drug-likeness (QED) is 0.845. The van der Waals surface area contributed by atoms with Crippen LogP contribution in [0.3, 0.4) is 0 Å². The van der Waals surface area contributed by atoms with E-state index in [0.717, 1.165) is 0 Å². The van der Waals surface area contributed by atoms with Crippen LogP contribution in [0.1, 0.15) is 0 Å². The fourth-order valence-electron chi connectivity index (χ4n) is 1.68. The van der Waals surface area contributed by atoms with Crippen LogP contribution in [0.25, 0.3) is 0 Å². The number of nitrogen functional groups attached to an aromatic ring is 1. The first-order valence-corrected chi connectivity index (χ1v) is 7.61. The molecule has 0 bridgehead atoms. The molecule has 5 nitrogen and oxygen atoms in total. The van der Waals surface area contributed by atoms with Gasteiger partial charge in [-0.2, -0.15) is 0 Å². The molecule has 0 fully saturated rings. The largest absolute Gasteiger partial charge is 0.497 e. The lowest BCUT2D eigenvalue weighted by molar-refractivity contribution is 0.414. The van der Waals surface area contributed by atoms with E-state index < -0.39 is 15.8 Å². The fraction of sp³-hybridized carbons (Fsp3) is 0.0769. The monoisotopic (exact) mass is 330 g/mol. The van der Waals surface area contributed by atoms with Gasteiger partial charge in [0.1, 0.15) is 10.6 Å². The van der Waals surface area contributed by atoms with E-state index in [9.17, 15) is 12.8 Å². The second-order valence-electron chi connectivity index (χ2n) is 4.11. The lowest BCUT2D eigenvalue weighted by atomic mass is 10.3. The van der Waals surface area contributed by atoms with Crippen LogP contribution in [0.4, 0.5) is 15.8 Å². The average molecular weight is 331 g/mol. The van der Waals surface area contributed by atoms with Gasteiger partial charge >= 0.3 is 0 Å². The van der Waals surface area contributed by atoms with Crippen molar-refractivity contribution in [3.8, 4) is 5.75 Å². The van der Waals surface area contributed by atoms with Gasteiger partial charge in [0, 0.05) is 6.07 Å². The lowest BCUT2D eigenvalue weighted by Gasteiger charge is -2.12. The zero-order chi connectivity index (χ0) is 15.6. The average Bonchev–Trinajstić information content (AvgIpc) is 2.43. The summed E-state index contributed by atoms with van der Waals surface area (Å²) in [5, 5.41) is -0.182. The number of benzene rings is 2. The highest BCUT2D eigenvalue weighted by atomic mass is 35.5. The van der Waals surface area contributed by atoms with E-state index in [4.69, 9.17) is 22.1 Å². The molecule has 2 aromatic carbocycles. The number of ether oxygens (including phenoxy) is 1. The molecule has 0 heterocycles. The summed E-state index contributed by atoms with van der Waals surface area (Å²) in [6.45, 7) is 0. The van der Waals surface area contributed by atoms with Crippen molar-refractivity contribution in [2.75, 3.05) is 17.6 Å². The lowest BCUT2D eigenvalue weighted by Crippen LogP contribution is -2.15. The summed E-state index contributed by atoms with van der Waals surface area (Å²) in [4.78, 5) is -0.178. The molecular formula is C13H12ClFN2O3S. The van der Waals surface area contributed by atoms with Gasteiger partial charge in [0.25, 0.3) is 10.0 Å². The van der Waals surface area contributed by atoms with Crippen molar-refractivity contribution >= 4 is 33.0 Å². The van der Waals surface area contributed by atoms with Crippen LogP contribution in [-0.2, 0) is 10.0 Å². The van der Waals surface area contributed by atoms with Gasteiger partial charge in [-0.1, -0.05) is 17.7 Å². The highest BCUT2D eigenvalue weighted by molar-refractivity contribution is 7.92. The van der Waals surface area contributed by atoms with Crippen molar-refractivity contribution < 1.29 is 17.5 Å². The Balaban J connectivity index is 2.41. The molecule has 21 heavy (non-hydrogen) atoms.